The van der Waals surface area contributed by atoms with E-state index in [1.807, 2.05) is 30.3 Å². The number of benzene rings is 1. The van der Waals surface area contributed by atoms with Crippen molar-refractivity contribution in [3.8, 4) is 0 Å². The zero-order chi connectivity index (χ0) is 10.5. The van der Waals surface area contributed by atoms with Crippen molar-refractivity contribution in [2.75, 3.05) is 0 Å². The van der Waals surface area contributed by atoms with Crippen LogP contribution in [0.15, 0.2) is 35.3 Å². The first-order valence-electron chi connectivity index (χ1n) is 5.06. The summed E-state index contributed by atoms with van der Waals surface area (Å²) in [5, 5.41) is 0. The van der Waals surface area contributed by atoms with E-state index in [4.69, 9.17) is 4.74 Å². The van der Waals surface area contributed by atoms with E-state index in [1.54, 1.807) is 6.92 Å². The van der Waals surface area contributed by atoms with Gasteiger partial charge in [0.25, 0.3) is 0 Å². The molecule has 0 bridgehead atoms. The van der Waals surface area contributed by atoms with E-state index < -0.39 is 5.54 Å². The van der Waals surface area contributed by atoms with E-state index in [2.05, 4.69) is 4.99 Å². The van der Waals surface area contributed by atoms with Crippen LogP contribution < -0.4 is 0 Å². The molecular weight excluding hydrogens is 190 g/mol. The summed E-state index contributed by atoms with van der Waals surface area (Å²) in [7, 11) is 0. The number of carbonyl (C=O) groups excluding carboxylic acids is 1. The van der Waals surface area contributed by atoms with Crippen LogP contribution in [0.3, 0.4) is 0 Å². The number of cyclic esters (lactones) is 1. The summed E-state index contributed by atoms with van der Waals surface area (Å²) in [6.07, 6.45) is 0.785. The van der Waals surface area contributed by atoms with Gasteiger partial charge in [-0.15, -0.1) is 0 Å². The number of esters is 1. The lowest BCUT2D eigenvalue weighted by Crippen LogP contribution is -2.18. The SMILES string of the molecule is CC1=NC2(CC2c2ccccc2)C(=O)O1. The van der Waals surface area contributed by atoms with Crippen LogP contribution in [-0.4, -0.2) is 17.4 Å². The van der Waals surface area contributed by atoms with Crippen molar-refractivity contribution in [3.05, 3.63) is 35.9 Å². The first-order chi connectivity index (χ1) is 7.22. The Balaban J connectivity index is 1.93. The van der Waals surface area contributed by atoms with Crippen molar-refractivity contribution in [1.29, 1.82) is 0 Å². The minimum atomic E-state index is -0.578. The number of carbonyl (C=O) groups is 1. The fourth-order valence-corrected chi connectivity index (χ4v) is 2.25. The van der Waals surface area contributed by atoms with Gasteiger partial charge in [-0.1, -0.05) is 30.3 Å². The Morgan fingerprint density at radius 3 is 2.73 bits per heavy atom. The lowest BCUT2D eigenvalue weighted by Gasteiger charge is -2.01. The van der Waals surface area contributed by atoms with Gasteiger partial charge in [0.15, 0.2) is 11.4 Å². The van der Waals surface area contributed by atoms with Gasteiger partial charge in [0.1, 0.15) is 0 Å². The topological polar surface area (TPSA) is 38.7 Å². The third-order valence-corrected chi connectivity index (χ3v) is 3.08. The third kappa shape index (κ3) is 1.12. The number of rotatable bonds is 1. The van der Waals surface area contributed by atoms with Crippen molar-refractivity contribution in [3.63, 3.8) is 0 Å². The minimum Gasteiger partial charge on any atom is -0.410 e. The molecule has 1 spiro atoms. The monoisotopic (exact) mass is 201 g/mol. The van der Waals surface area contributed by atoms with Gasteiger partial charge in [0, 0.05) is 12.8 Å². The molecule has 0 radical (unpaired) electrons. The summed E-state index contributed by atoms with van der Waals surface area (Å²) in [5.41, 5.74) is 0.596. The number of ether oxygens (including phenoxy) is 1. The fourth-order valence-electron chi connectivity index (χ4n) is 2.25. The van der Waals surface area contributed by atoms with E-state index in [-0.39, 0.29) is 11.9 Å². The molecule has 1 heterocycles. The molecule has 3 nitrogen and oxygen atoms in total. The Morgan fingerprint density at radius 2 is 2.13 bits per heavy atom. The molecule has 2 aliphatic rings. The Hall–Kier alpha value is -1.64. The van der Waals surface area contributed by atoms with Crippen LogP contribution in [-0.2, 0) is 9.53 Å². The van der Waals surface area contributed by atoms with Crippen molar-refractivity contribution >= 4 is 11.9 Å². The maximum absolute atomic E-state index is 11.6. The standard InChI is InChI=1S/C12H11NO2/c1-8-13-12(11(14)15-8)7-10(12)9-5-3-2-4-6-9/h2-6,10H,7H2,1H3. The molecule has 3 rings (SSSR count). The Labute approximate surface area is 87.8 Å². The molecular formula is C12H11NO2. The predicted molar refractivity (Wildman–Crippen MR) is 55.7 cm³/mol. The summed E-state index contributed by atoms with van der Waals surface area (Å²) in [6.45, 7) is 1.73. The summed E-state index contributed by atoms with van der Waals surface area (Å²) < 4.78 is 5.00. The highest BCUT2D eigenvalue weighted by Gasteiger charge is 2.65. The van der Waals surface area contributed by atoms with Gasteiger partial charge in [-0.2, -0.15) is 0 Å². The average Bonchev–Trinajstić information content (AvgIpc) is 2.87. The molecule has 2 unspecified atom stereocenters. The normalized spacial score (nSPS) is 32.7. The molecule has 1 aliphatic heterocycles. The maximum atomic E-state index is 11.6. The highest BCUT2D eigenvalue weighted by atomic mass is 16.6. The molecule has 0 aromatic heterocycles. The number of aliphatic imine (C=N–C) groups is 1. The van der Waals surface area contributed by atoms with Crippen molar-refractivity contribution < 1.29 is 9.53 Å². The second kappa shape index (κ2) is 2.69. The number of hydrogen-bond acceptors (Lipinski definition) is 3. The number of nitrogens with zero attached hydrogens (tertiary/aromatic N) is 1. The average molecular weight is 201 g/mol. The lowest BCUT2D eigenvalue weighted by atomic mass is 10.1. The van der Waals surface area contributed by atoms with Gasteiger partial charge >= 0.3 is 5.97 Å². The smallest absolute Gasteiger partial charge is 0.341 e. The molecule has 15 heavy (non-hydrogen) atoms. The Morgan fingerprint density at radius 1 is 1.40 bits per heavy atom. The Bertz CT molecular complexity index is 452. The minimum absolute atomic E-state index is 0.186. The van der Waals surface area contributed by atoms with E-state index in [0.717, 1.165) is 6.42 Å². The summed E-state index contributed by atoms with van der Waals surface area (Å²) >= 11 is 0. The van der Waals surface area contributed by atoms with Gasteiger partial charge in [0.2, 0.25) is 0 Å². The molecule has 2 atom stereocenters. The maximum Gasteiger partial charge on any atom is 0.341 e. The molecule has 0 N–H and O–H groups in total. The zero-order valence-corrected chi connectivity index (χ0v) is 8.43. The number of hydrogen-bond donors (Lipinski definition) is 0. The van der Waals surface area contributed by atoms with Gasteiger partial charge < -0.3 is 4.74 Å². The molecule has 1 aromatic carbocycles. The second-order valence-electron chi connectivity index (χ2n) is 4.11. The molecule has 1 fully saturated rings. The molecule has 76 valence electrons. The lowest BCUT2D eigenvalue weighted by molar-refractivity contribution is -0.136. The van der Waals surface area contributed by atoms with Crippen LogP contribution in [0.5, 0.6) is 0 Å². The second-order valence-corrected chi connectivity index (χ2v) is 4.11. The fraction of sp³-hybridized carbons (Fsp3) is 0.333. The van der Waals surface area contributed by atoms with Crippen LogP contribution in [0, 0.1) is 0 Å². The van der Waals surface area contributed by atoms with Crippen molar-refractivity contribution in [2.24, 2.45) is 4.99 Å². The first kappa shape index (κ1) is 8.65. The van der Waals surface area contributed by atoms with E-state index in [9.17, 15) is 4.79 Å². The third-order valence-electron chi connectivity index (χ3n) is 3.08. The highest BCUT2D eigenvalue weighted by molar-refractivity contribution is 6.02. The molecule has 0 amide bonds. The molecule has 0 saturated heterocycles. The summed E-state index contributed by atoms with van der Waals surface area (Å²) in [6, 6.07) is 10.0. The first-order valence-corrected chi connectivity index (χ1v) is 5.06. The van der Waals surface area contributed by atoms with Crippen LogP contribution in [0.1, 0.15) is 24.8 Å². The van der Waals surface area contributed by atoms with Crippen LogP contribution in [0.25, 0.3) is 0 Å². The van der Waals surface area contributed by atoms with Gasteiger partial charge in [-0.05, 0) is 12.0 Å². The largest absolute Gasteiger partial charge is 0.410 e. The van der Waals surface area contributed by atoms with Crippen LogP contribution in [0.2, 0.25) is 0 Å². The van der Waals surface area contributed by atoms with E-state index in [0.29, 0.717) is 5.90 Å². The van der Waals surface area contributed by atoms with Crippen LogP contribution >= 0.6 is 0 Å². The Kier molecular flexibility index (Phi) is 1.55. The van der Waals surface area contributed by atoms with E-state index in [1.165, 1.54) is 5.56 Å². The molecule has 3 heteroatoms. The van der Waals surface area contributed by atoms with Crippen molar-refractivity contribution in [1.82, 2.24) is 0 Å². The molecule has 1 saturated carbocycles. The van der Waals surface area contributed by atoms with Gasteiger partial charge in [0.05, 0.1) is 0 Å². The summed E-state index contributed by atoms with van der Waals surface area (Å²) in [5.74, 6) is 0.524. The van der Waals surface area contributed by atoms with Crippen molar-refractivity contribution in [2.45, 2.75) is 24.8 Å². The highest BCUT2D eigenvalue weighted by Crippen LogP contribution is 2.57. The zero-order valence-electron chi connectivity index (χ0n) is 8.43. The van der Waals surface area contributed by atoms with Gasteiger partial charge in [-0.3, -0.25) is 0 Å². The van der Waals surface area contributed by atoms with Gasteiger partial charge in [-0.25, -0.2) is 9.79 Å². The predicted octanol–water partition coefficient (Wildman–Crippen LogP) is 1.89. The molecule has 1 aliphatic carbocycles. The van der Waals surface area contributed by atoms with Crippen LogP contribution in [0.4, 0.5) is 0 Å². The molecule has 1 aromatic rings. The summed E-state index contributed by atoms with van der Waals surface area (Å²) in [4.78, 5) is 15.9. The quantitative estimate of drug-likeness (QED) is 0.651. The van der Waals surface area contributed by atoms with E-state index >= 15 is 0 Å².